The first-order valence-electron chi connectivity index (χ1n) is 4.72. The lowest BCUT2D eigenvalue weighted by Gasteiger charge is -2.18. The van der Waals surface area contributed by atoms with Crippen molar-refractivity contribution < 1.29 is 21.9 Å². The van der Waals surface area contributed by atoms with Gasteiger partial charge in [-0.2, -0.15) is 0 Å². The number of hydrogen-bond donors (Lipinski definition) is 1. The third-order valence-electron chi connectivity index (χ3n) is 2.69. The average molecular weight is 256 g/mol. The molecular weight excluding hydrogens is 240 g/mol. The Morgan fingerprint density at radius 2 is 2.07 bits per heavy atom. The van der Waals surface area contributed by atoms with Crippen LogP contribution >= 0.6 is 0 Å². The molecule has 1 aliphatic heterocycles. The molecule has 0 spiro atoms. The maximum atomic E-state index is 11.2. The minimum atomic E-state index is -3.16. The van der Waals surface area contributed by atoms with E-state index in [1.165, 1.54) is 0 Å². The first kappa shape index (κ1) is 12.9. The third kappa shape index (κ3) is 4.08. The lowest BCUT2D eigenvalue weighted by atomic mass is 9.94. The minimum Gasteiger partial charge on any atom is -0.396 e. The van der Waals surface area contributed by atoms with Gasteiger partial charge in [-0.3, -0.25) is 0 Å². The summed E-state index contributed by atoms with van der Waals surface area (Å²) >= 11 is 0. The molecule has 2 unspecified atom stereocenters. The van der Waals surface area contributed by atoms with Gasteiger partial charge in [0, 0.05) is 12.9 Å². The molecule has 1 saturated heterocycles. The Morgan fingerprint density at radius 1 is 1.47 bits per heavy atom. The van der Waals surface area contributed by atoms with Crippen LogP contribution in [-0.2, 0) is 19.7 Å². The molecule has 0 amide bonds. The normalized spacial score (nSPS) is 27.7. The molecule has 1 rings (SSSR count). The van der Waals surface area contributed by atoms with Gasteiger partial charge in [-0.15, -0.1) is 0 Å². The Labute approximate surface area is 90.3 Å². The molecule has 1 fully saturated rings. The maximum absolute atomic E-state index is 11.2. The van der Waals surface area contributed by atoms with E-state index in [-0.39, 0.29) is 29.8 Å². The molecular formula is C8H16O5S2. The highest BCUT2D eigenvalue weighted by atomic mass is 32.2. The van der Waals surface area contributed by atoms with Crippen LogP contribution in [0.1, 0.15) is 6.42 Å². The van der Waals surface area contributed by atoms with Crippen LogP contribution in [0.15, 0.2) is 0 Å². The van der Waals surface area contributed by atoms with Gasteiger partial charge in [0.05, 0.1) is 17.3 Å². The number of sulfone groups is 2. The molecule has 1 heterocycles. The van der Waals surface area contributed by atoms with E-state index in [0.717, 1.165) is 6.26 Å². The molecule has 0 radical (unpaired) electrons. The molecule has 1 aliphatic rings. The van der Waals surface area contributed by atoms with Gasteiger partial charge in [-0.25, -0.2) is 16.8 Å². The molecule has 0 aromatic rings. The van der Waals surface area contributed by atoms with Gasteiger partial charge in [0.2, 0.25) is 0 Å². The van der Waals surface area contributed by atoms with Gasteiger partial charge in [-0.05, 0) is 18.3 Å². The van der Waals surface area contributed by atoms with Crippen molar-refractivity contribution in [3.8, 4) is 0 Å². The lowest BCUT2D eigenvalue weighted by molar-refractivity contribution is 0.199. The zero-order valence-corrected chi connectivity index (χ0v) is 10.2. The van der Waals surface area contributed by atoms with E-state index in [0.29, 0.717) is 6.42 Å². The van der Waals surface area contributed by atoms with Crippen molar-refractivity contribution >= 4 is 19.7 Å². The quantitative estimate of drug-likeness (QED) is 0.702. The monoisotopic (exact) mass is 256 g/mol. The van der Waals surface area contributed by atoms with E-state index in [1.807, 2.05) is 0 Å². The second-order valence-corrected chi connectivity index (χ2v) is 8.61. The highest BCUT2D eigenvalue weighted by molar-refractivity contribution is 7.91. The molecule has 5 nitrogen and oxygen atoms in total. The van der Waals surface area contributed by atoms with Crippen molar-refractivity contribution in [1.82, 2.24) is 0 Å². The number of aliphatic hydroxyl groups excluding tert-OH is 1. The lowest BCUT2D eigenvalue weighted by Crippen LogP contribution is -2.27. The van der Waals surface area contributed by atoms with Crippen LogP contribution < -0.4 is 0 Å². The Kier molecular flexibility index (Phi) is 3.78. The van der Waals surface area contributed by atoms with E-state index < -0.39 is 25.6 Å². The van der Waals surface area contributed by atoms with Crippen molar-refractivity contribution in [2.45, 2.75) is 6.42 Å². The van der Waals surface area contributed by atoms with Gasteiger partial charge >= 0.3 is 0 Å². The van der Waals surface area contributed by atoms with Crippen LogP contribution in [-0.4, -0.2) is 52.1 Å². The predicted octanol–water partition coefficient (Wildman–Crippen LogP) is -0.926. The molecule has 7 heteroatoms. The summed E-state index contributed by atoms with van der Waals surface area (Å²) in [5, 5.41) is 9.06. The van der Waals surface area contributed by atoms with Crippen molar-refractivity contribution in [1.29, 1.82) is 0 Å². The Bertz CT molecular complexity index is 408. The second kappa shape index (κ2) is 4.39. The molecule has 0 aliphatic carbocycles. The summed E-state index contributed by atoms with van der Waals surface area (Å²) in [7, 11) is -6.18. The van der Waals surface area contributed by atoms with Crippen LogP contribution in [0.3, 0.4) is 0 Å². The number of aliphatic hydroxyl groups is 1. The molecule has 1 N–H and O–H groups in total. The van der Waals surface area contributed by atoms with E-state index in [1.54, 1.807) is 0 Å². The molecule has 0 aromatic heterocycles. The molecule has 90 valence electrons. The standard InChI is InChI=1S/C8H16O5S2/c1-14(10,11)5-8(4-9)7-2-3-15(12,13)6-7/h7-9H,2-6H2,1H3. The summed E-state index contributed by atoms with van der Waals surface area (Å²) in [6, 6.07) is 0. The largest absolute Gasteiger partial charge is 0.396 e. The van der Waals surface area contributed by atoms with E-state index >= 15 is 0 Å². The zero-order chi connectivity index (χ0) is 11.7. The van der Waals surface area contributed by atoms with Gasteiger partial charge in [0.25, 0.3) is 0 Å². The average Bonchev–Trinajstić information content (AvgIpc) is 2.40. The molecule has 2 atom stereocenters. The summed E-state index contributed by atoms with van der Waals surface area (Å²) in [4.78, 5) is 0. The van der Waals surface area contributed by atoms with Crippen LogP contribution in [0.4, 0.5) is 0 Å². The fourth-order valence-corrected chi connectivity index (χ4v) is 5.00. The molecule has 15 heavy (non-hydrogen) atoms. The smallest absolute Gasteiger partial charge is 0.150 e. The summed E-state index contributed by atoms with van der Waals surface area (Å²) in [5.41, 5.74) is 0. The summed E-state index contributed by atoms with van der Waals surface area (Å²) in [6.07, 6.45) is 1.56. The third-order valence-corrected chi connectivity index (χ3v) is 5.51. The molecule has 0 bridgehead atoms. The molecule has 0 aromatic carbocycles. The number of hydrogen-bond acceptors (Lipinski definition) is 5. The van der Waals surface area contributed by atoms with E-state index in [2.05, 4.69) is 0 Å². The van der Waals surface area contributed by atoms with E-state index in [4.69, 9.17) is 5.11 Å². The van der Waals surface area contributed by atoms with Crippen molar-refractivity contribution in [3.05, 3.63) is 0 Å². The Hall–Kier alpha value is -0.140. The van der Waals surface area contributed by atoms with Gasteiger partial charge in [-0.1, -0.05) is 0 Å². The summed E-state index contributed by atoms with van der Waals surface area (Å²) < 4.78 is 44.5. The first-order chi connectivity index (χ1) is 6.73. The first-order valence-corrected chi connectivity index (χ1v) is 8.61. The Morgan fingerprint density at radius 3 is 2.40 bits per heavy atom. The minimum absolute atomic E-state index is 0.00769. The van der Waals surface area contributed by atoms with Crippen molar-refractivity contribution in [3.63, 3.8) is 0 Å². The second-order valence-electron chi connectivity index (χ2n) is 4.20. The van der Waals surface area contributed by atoms with Crippen molar-refractivity contribution in [2.24, 2.45) is 11.8 Å². The van der Waals surface area contributed by atoms with Crippen LogP contribution in [0, 0.1) is 11.8 Å². The fourth-order valence-electron chi connectivity index (χ4n) is 1.92. The van der Waals surface area contributed by atoms with Gasteiger partial charge in [0.1, 0.15) is 9.84 Å². The van der Waals surface area contributed by atoms with E-state index in [9.17, 15) is 16.8 Å². The van der Waals surface area contributed by atoms with Crippen LogP contribution in [0.25, 0.3) is 0 Å². The fraction of sp³-hybridized carbons (Fsp3) is 1.00. The predicted molar refractivity (Wildman–Crippen MR) is 57.0 cm³/mol. The SMILES string of the molecule is CS(=O)(=O)CC(CO)C1CCS(=O)(=O)C1. The summed E-state index contributed by atoms with van der Waals surface area (Å²) in [5.74, 6) is -0.679. The zero-order valence-electron chi connectivity index (χ0n) is 8.59. The highest BCUT2D eigenvalue weighted by Crippen LogP contribution is 2.26. The highest BCUT2D eigenvalue weighted by Gasteiger charge is 2.34. The van der Waals surface area contributed by atoms with Gasteiger partial charge < -0.3 is 5.11 Å². The summed E-state index contributed by atoms with van der Waals surface area (Å²) in [6.45, 7) is -0.271. The van der Waals surface area contributed by atoms with Crippen LogP contribution in [0.5, 0.6) is 0 Å². The van der Waals surface area contributed by atoms with Gasteiger partial charge in [0.15, 0.2) is 9.84 Å². The Balaban J connectivity index is 2.70. The number of rotatable bonds is 4. The molecule has 0 saturated carbocycles. The van der Waals surface area contributed by atoms with Crippen molar-refractivity contribution in [2.75, 3.05) is 30.1 Å². The van der Waals surface area contributed by atoms with Crippen LogP contribution in [0.2, 0.25) is 0 Å². The maximum Gasteiger partial charge on any atom is 0.150 e. The topological polar surface area (TPSA) is 88.5 Å².